The van der Waals surface area contributed by atoms with Gasteiger partial charge in [-0.2, -0.15) is 0 Å². The zero-order chi connectivity index (χ0) is 23.2. The van der Waals surface area contributed by atoms with Crippen molar-refractivity contribution in [2.24, 2.45) is 4.99 Å². The second kappa shape index (κ2) is 10.6. The number of carbonyl (C=O) groups is 1. The second-order valence-electron chi connectivity index (χ2n) is 7.11. The summed E-state index contributed by atoms with van der Waals surface area (Å²) in [5.41, 5.74) is 2.72. The topological polar surface area (TPSA) is 79.2 Å². The Hall–Kier alpha value is -3.16. The Bertz CT molecular complexity index is 1200. The summed E-state index contributed by atoms with van der Waals surface area (Å²) in [5.74, 6) is 1.06. The maximum atomic E-state index is 12.2. The van der Waals surface area contributed by atoms with E-state index < -0.39 is 18.7 Å². The highest BCUT2D eigenvalue weighted by Gasteiger charge is 2.36. The van der Waals surface area contributed by atoms with Crippen LogP contribution < -0.4 is 4.90 Å². The van der Waals surface area contributed by atoms with Gasteiger partial charge in [-0.15, -0.1) is 0 Å². The smallest absolute Gasteiger partial charge is 0.329 e. The van der Waals surface area contributed by atoms with Crippen LogP contribution in [-0.4, -0.2) is 40.1 Å². The van der Waals surface area contributed by atoms with E-state index in [0.29, 0.717) is 10.9 Å². The molecule has 2 unspecified atom stereocenters. The molecule has 2 atom stereocenters. The lowest BCUT2D eigenvalue weighted by Gasteiger charge is -2.20. The van der Waals surface area contributed by atoms with Crippen molar-refractivity contribution in [1.82, 2.24) is 0 Å². The van der Waals surface area contributed by atoms with Crippen LogP contribution in [0.15, 0.2) is 106 Å². The highest BCUT2D eigenvalue weighted by atomic mass is 79.9. The van der Waals surface area contributed by atoms with Gasteiger partial charge in [-0.05, 0) is 42.0 Å². The molecule has 1 fully saturated rings. The molecule has 33 heavy (non-hydrogen) atoms. The van der Waals surface area contributed by atoms with E-state index in [1.807, 2.05) is 72.8 Å². The van der Waals surface area contributed by atoms with Crippen LogP contribution in [0.25, 0.3) is 0 Å². The summed E-state index contributed by atoms with van der Waals surface area (Å²) in [6, 6.07) is 19.0. The molecule has 0 aromatic heterocycles. The number of ether oxygens (including phenoxy) is 1. The number of nitrogens with zero attached hydrogens (tertiary/aromatic N) is 2. The van der Waals surface area contributed by atoms with Crippen molar-refractivity contribution in [3.05, 3.63) is 101 Å². The third-order valence-electron chi connectivity index (χ3n) is 4.83. The summed E-state index contributed by atoms with van der Waals surface area (Å²) in [4.78, 5) is 29.7. The summed E-state index contributed by atoms with van der Waals surface area (Å²) in [5, 5.41) is 9.26. The van der Waals surface area contributed by atoms with Crippen LogP contribution in [0.1, 0.15) is 0 Å². The molecule has 0 saturated carbocycles. The number of allylic oxidation sites excluding steroid dienone is 2. The first kappa shape index (κ1) is 23.0. The Kier molecular flexibility index (Phi) is 7.42. The molecule has 1 N–H and O–H groups in total. The lowest BCUT2D eigenvalue weighted by Crippen LogP contribution is -2.24. The average Bonchev–Trinajstić information content (AvgIpc) is 3.16. The number of carbonyl (C=O) groups excluding carboxylic acids is 1. The van der Waals surface area contributed by atoms with Gasteiger partial charge in [-0.3, -0.25) is 4.90 Å². The third-order valence-corrected chi connectivity index (χ3v) is 6.42. The number of rotatable bonds is 6. The van der Waals surface area contributed by atoms with Crippen molar-refractivity contribution in [1.29, 1.82) is 0 Å². The van der Waals surface area contributed by atoms with Crippen molar-refractivity contribution in [2.45, 2.75) is 11.4 Å². The van der Waals surface area contributed by atoms with Gasteiger partial charge in [-0.1, -0.05) is 76.2 Å². The molecular weight excluding hydrogens is 504 g/mol. The van der Waals surface area contributed by atoms with E-state index in [2.05, 4.69) is 21.9 Å². The molecule has 2 aromatic rings. The first-order valence-corrected chi connectivity index (χ1v) is 11.7. The van der Waals surface area contributed by atoms with E-state index in [9.17, 15) is 9.59 Å². The number of hydrogen-bond donors (Lipinski definition) is 1. The van der Waals surface area contributed by atoms with Crippen LogP contribution in [-0.2, 0) is 14.3 Å². The van der Waals surface area contributed by atoms with E-state index in [1.165, 1.54) is 11.8 Å². The largest absolute Gasteiger partial charge is 0.480 e. The van der Waals surface area contributed by atoms with Crippen molar-refractivity contribution in [2.75, 3.05) is 11.5 Å². The summed E-state index contributed by atoms with van der Waals surface area (Å²) >= 11 is 4.88. The third kappa shape index (κ3) is 5.61. The SMILES string of the molecule is O=C=C1C(C=C2C=C(Br)C=CC2OCC(=O)O)SC(=Nc2ccccc2)N1c1ccccc1. The zero-order valence-corrected chi connectivity index (χ0v) is 19.7. The van der Waals surface area contributed by atoms with Gasteiger partial charge < -0.3 is 9.84 Å². The molecule has 4 rings (SSSR count). The highest BCUT2D eigenvalue weighted by Crippen LogP contribution is 2.40. The van der Waals surface area contributed by atoms with Crippen molar-refractivity contribution in [3.63, 3.8) is 0 Å². The molecule has 166 valence electrons. The van der Waals surface area contributed by atoms with Crippen LogP contribution in [0.5, 0.6) is 0 Å². The molecule has 2 aliphatic rings. The maximum Gasteiger partial charge on any atom is 0.329 e. The molecular formula is C25H19BrN2O4S. The minimum absolute atomic E-state index is 0.390. The number of benzene rings is 2. The highest BCUT2D eigenvalue weighted by molar-refractivity contribution is 9.11. The van der Waals surface area contributed by atoms with Gasteiger partial charge in [0.05, 0.1) is 10.9 Å². The fourth-order valence-electron chi connectivity index (χ4n) is 3.40. The first-order valence-electron chi connectivity index (χ1n) is 10.1. The number of halogens is 1. The molecule has 0 radical (unpaired) electrons. The van der Waals surface area contributed by atoms with Gasteiger partial charge in [-0.25, -0.2) is 14.6 Å². The Labute approximate surface area is 203 Å². The molecule has 1 aliphatic heterocycles. The van der Waals surface area contributed by atoms with E-state index in [0.717, 1.165) is 21.4 Å². The standard InChI is InChI=1S/C25H19BrN2O4S/c26-18-11-12-22(32-16-24(30)31)17(13-18)14-23-21(15-29)28(20-9-5-2-6-10-20)25(33-23)27-19-7-3-1-4-8-19/h1-14,22-23H,16H2,(H,30,31). The second-order valence-corrected chi connectivity index (χ2v) is 9.13. The molecule has 0 bridgehead atoms. The number of aliphatic imine (C=N–C) groups is 1. The minimum Gasteiger partial charge on any atom is -0.480 e. The van der Waals surface area contributed by atoms with Crippen LogP contribution in [0.3, 0.4) is 0 Å². The van der Waals surface area contributed by atoms with Gasteiger partial charge in [0.2, 0.25) is 0 Å². The summed E-state index contributed by atoms with van der Waals surface area (Å²) in [6.07, 6.45) is 6.79. The van der Waals surface area contributed by atoms with E-state index in [-0.39, 0.29) is 5.25 Å². The van der Waals surface area contributed by atoms with Crippen LogP contribution in [0.2, 0.25) is 0 Å². The van der Waals surface area contributed by atoms with E-state index in [1.54, 1.807) is 17.1 Å². The molecule has 1 saturated heterocycles. The number of carboxylic acids is 1. The van der Waals surface area contributed by atoms with Gasteiger partial charge in [0, 0.05) is 10.2 Å². The number of thioether (sulfide) groups is 1. The van der Waals surface area contributed by atoms with Gasteiger partial charge in [0.25, 0.3) is 0 Å². The molecule has 1 aliphatic carbocycles. The van der Waals surface area contributed by atoms with Crippen molar-refractivity contribution < 1.29 is 19.4 Å². The van der Waals surface area contributed by atoms with Crippen LogP contribution in [0, 0.1) is 0 Å². The lowest BCUT2D eigenvalue weighted by molar-refractivity contribution is -0.142. The average molecular weight is 523 g/mol. The number of aliphatic carboxylic acids is 1. The number of amidine groups is 1. The summed E-state index contributed by atoms with van der Waals surface area (Å²) in [6.45, 7) is -0.428. The molecule has 6 nitrogen and oxygen atoms in total. The first-order chi connectivity index (χ1) is 16.0. The Morgan fingerprint density at radius 1 is 1.18 bits per heavy atom. The van der Waals surface area contributed by atoms with Crippen molar-refractivity contribution in [3.8, 4) is 0 Å². The van der Waals surface area contributed by atoms with Crippen LogP contribution in [0.4, 0.5) is 11.4 Å². The number of carboxylic acid groups (broad SMARTS) is 1. The predicted molar refractivity (Wildman–Crippen MR) is 135 cm³/mol. The number of anilines is 1. The fraction of sp³-hybridized carbons (Fsp3) is 0.120. The lowest BCUT2D eigenvalue weighted by atomic mass is 10.0. The monoisotopic (exact) mass is 522 g/mol. The zero-order valence-electron chi connectivity index (χ0n) is 17.3. The quantitative estimate of drug-likeness (QED) is 0.521. The number of para-hydroxylation sites is 2. The van der Waals surface area contributed by atoms with Crippen molar-refractivity contribution >= 4 is 56.1 Å². The van der Waals surface area contributed by atoms with E-state index >= 15 is 0 Å². The molecule has 2 aromatic carbocycles. The predicted octanol–water partition coefficient (Wildman–Crippen LogP) is 5.26. The fourth-order valence-corrected chi connectivity index (χ4v) is 5.00. The molecule has 8 heteroatoms. The Morgan fingerprint density at radius 3 is 2.55 bits per heavy atom. The normalized spacial score (nSPS) is 22.5. The summed E-state index contributed by atoms with van der Waals surface area (Å²) < 4.78 is 6.36. The molecule has 0 spiro atoms. The molecule has 1 heterocycles. The van der Waals surface area contributed by atoms with Gasteiger partial charge in [0.15, 0.2) is 5.17 Å². The Balaban J connectivity index is 1.74. The Morgan fingerprint density at radius 2 is 1.88 bits per heavy atom. The van der Waals surface area contributed by atoms with Gasteiger partial charge in [0.1, 0.15) is 24.3 Å². The number of hydrogen-bond acceptors (Lipinski definition) is 5. The molecule has 0 amide bonds. The van der Waals surface area contributed by atoms with Gasteiger partial charge >= 0.3 is 5.97 Å². The maximum absolute atomic E-state index is 12.2. The van der Waals surface area contributed by atoms with E-state index in [4.69, 9.17) is 14.8 Å². The summed E-state index contributed by atoms with van der Waals surface area (Å²) in [7, 11) is 0. The minimum atomic E-state index is -1.05. The van der Waals surface area contributed by atoms with Crippen LogP contribution >= 0.6 is 27.7 Å².